The highest BCUT2D eigenvalue weighted by atomic mass is 16.5. The monoisotopic (exact) mass is 592 g/mol. The number of hydrogen-bond acceptors (Lipinski definition) is 8. The lowest BCUT2D eigenvalue weighted by Crippen LogP contribution is -2.30. The maximum Gasteiger partial charge on any atom is 0.261 e. The van der Waals surface area contributed by atoms with Crippen LogP contribution in [0.5, 0.6) is 5.75 Å². The third kappa shape index (κ3) is 4.96. The highest BCUT2D eigenvalue weighted by Crippen LogP contribution is 2.44. The SMILES string of the molecule is CCN1CCC2(CCN(c3cccc(NC(=O)c4cn(-c5ncc6c(n5)-c5ccc(OC)cc5C(C)(C)C6)nc4N)c3)C2)C1. The van der Waals surface area contributed by atoms with E-state index in [-0.39, 0.29) is 22.7 Å². The van der Waals surface area contributed by atoms with Crippen molar-refractivity contribution in [3.8, 4) is 23.0 Å². The second-order valence-electron chi connectivity index (χ2n) is 13.2. The summed E-state index contributed by atoms with van der Waals surface area (Å²) in [6.45, 7) is 12.2. The summed E-state index contributed by atoms with van der Waals surface area (Å²) in [6, 6.07) is 14.1. The Morgan fingerprint density at radius 2 is 1.95 bits per heavy atom. The van der Waals surface area contributed by atoms with Crippen LogP contribution in [-0.4, -0.2) is 70.4 Å². The molecule has 2 saturated heterocycles. The summed E-state index contributed by atoms with van der Waals surface area (Å²) >= 11 is 0. The summed E-state index contributed by atoms with van der Waals surface area (Å²) in [5.74, 6) is 0.969. The number of benzene rings is 2. The van der Waals surface area contributed by atoms with E-state index in [0.717, 1.165) is 60.0 Å². The highest BCUT2D eigenvalue weighted by molar-refractivity contribution is 6.07. The van der Waals surface area contributed by atoms with Gasteiger partial charge < -0.3 is 25.6 Å². The first kappa shape index (κ1) is 28.3. The van der Waals surface area contributed by atoms with Gasteiger partial charge in [-0.15, -0.1) is 5.10 Å². The van der Waals surface area contributed by atoms with Gasteiger partial charge in [0.05, 0.1) is 12.8 Å². The Morgan fingerprint density at radius 1 is 1.11 bits per heavy atom. The Morgan fingerprint density at radius 3 is 2.75 bits per heavy atom. The lowest BCUT2D eigenvalue weighted by Gasteiger charge is -2.33. The number of aromatic nitrogens is 4. The molecule has 1 amide bonds. The number of methoxy groups -OCH3 is 1. The maximum atomic E-state index is 13.4. The Balaban J connectivity index is 1.10. The van der Waals surface area contributed by atoms with Gasteiger partial charge in [-0.05, 0) is 85.3 Å². The van der Waals surface area contributed by atoms with Crippen molar-refractivity contribution in [2.45, 2.75) is 45.4 Å². The molecular weight excluding hydrogens is 552 g/mol. The molecule has 10 heteroatoms. The Kier molecular flexibility index (Phi) is 6.84. The highest BCUT2D eigenvalue weighted by Gasteiger charge is 2.43. The molecule has 228 valence electrons. The smallest absolute Gasteiger partial charge is 0.261 e. The fourth-order valence-corrected chi connectivity index (χ4v) is 7.29. The molecule has 2 aromatic heterocycles. The number of nitrogens with two attached hydrogens (primary N) is 1. The van der Waals surface area contributed by atoms with Crippen molar-refractivity contribution < 1.29 is 9.53 Å². The number of hydrogen-bond donors (Lipinski definition) is 2. The minimum atomic E-state index is -0.324. The number of nitrogens with zero attached hydrogens (tertiary/aromatic N) is 6. The van der Waals surface area contributed by atoms with Gasteiger partial charge in [0, 0.05) is 54.4 Å². The molecular formula is C34H40N8O2. The van der Waals surface area contributed by atoms with Crippen LogP contribution in [0.1, 0.15) is 55.1 Å². The fraction of sp³-hybridized carbons (Fsp3) is 0.412. The number of carbonyl (C=O) groups is 1. The Bertz CT molecular complexity index is 1750. The molecule has 1 atom stereocenters. The number of anilines is 3. The van der Waals surface area contributed by atoms with Gasteiger partial charge in [-0.3, -0.25) is 4.79 Å². The van der Waals surface area contributed by atoms with Gasteiger partial charge in [-0.2, -0.15) is 0 Å². The van der Waals surface area contributed by atoms with Crippen molar-refractivity contribution in [2.75, 3.05) is 55.8 Å². The zero-order chi connectivity index (χ0) is 30.6. The number of amides is 1. The van der Waals surface area contributed by atoms with Gasteiger partial charge in [0.25, 0.3) is 11.9 Å². The second-order valence-corrected chi connectivity index (χ2v) is 13.2. The normalized spacial score (nSPS) is 20.5. The van der Waals surface area contributed by atoms with E-state index in [1.54, 1.807) is 13.3 Å². The van der Waals surface area contributed by atoms with Crippen molar-refractivity contribution in [1.29, 1.82) is 0 Å². The molecule has 44 heavy (non-hydrogen) atoms. The van der Waals surface area contributed by atoms with Gasteiger partial charge in [-0.1, -0.05) is 26.8 Å². The third-order valence-corrected chi connectivity index (χ3v) is 9.76. The minimum Gasteiger partial charge on any atom is -0.497 e. The predicted octanol–water partition coefficient (Wildman–Crippen LogP) is 4.93. The largest absolute Gasteiger partial charge is 0.497 e. The standard InChI is InChI=1S/C34H40N8O2/c1-5-40-13-11-34(20-40)12-14-41(21-34)24-8-6-7-23(15-24)37-31(43)27-19-42(39-30(27)35)32-36-18-22-17-33(2,3)28-16-25(44-4)9-10-26(28)29(22)38-32/h6-10,15-16,18-19H,5,11-14,17,20-21H2,1-4H3,(H2,35,39)(H,37,43). The van der Waals surface area contributed by atoms with Crippen LogP contribution in [0, 0.1) is 5.41 Å². The molecule has 0 radical (unpaired) electrons. The van der Waals surface area contributed by atoms with E-state index in [1.165, 1.54) is 36.2 Å². The number of fused-ring (bicyclic) bond motifs is 3. The fourth-order valence-electron chi connectivity index (χ4n) is 7.29. The zero-order valence-electron chi connectivity index (χ0n) is 25.9. The van der Waals surface area contributed by atoms with Crippen LogP contribution >= 0.6 is 0 Å². The molecule has 4 heterocycles. The van der Waals surface area contributed by atoms with Gasteiger partial charge in [0.15, 0.2) is 5.82 Å². The van der Waals surface area contributed by atoms with E-state index < -0.39 is 0 Å². The van der Waals surface area contributed by atoms with Crippen molar-refractivity contribution in [1.82, 2.24) is 24.6 Å². The van der Waals surface area contributed by atoms with Gasteiger partial charge in [-0.25, -0.2) is 14.6 Å². The summed E-state index contributed by atoms with van der Waals surface area (Å²) in [6.07, 6.45) is 6.71. The number of likely N-dealkylation sites (tertiary alicyclic amines) is 1. The van der Waals surface area contributed by atoms with E-state index in [4.69, 9.17) is 15.5 Å². The van der Waals surface area contributed by atoms with E-state index in [1.807, 2.05) is 36.5 Å². The van der Waals surface area contributed by atoms with Crippen molar-refractivity contribution in [2.24, 2.45) is 5.41 Å². The van der Waals surface area contributed by atoms with Gasteiger partial charge in [0.1, 0.15) is 11.3 Å². The van der Waals surface area contributed by atoms with E-state index >= 15 is 0 Å². The Labute approximate surface area is 258 Å². The predicted molar refractivity (Wildman–Crippen MR) is 173 cm³/mol. The van der Waals surface area contributed by atoms with Crippen LogP contribution in [-0.2, 0) is 11.8 Å². The van der Waals surface area contributed by atoms with Crippen molar-refractivity contribution in [3.05, 3.63) is 71.5 Å². The molecule has 3 N–H and O–H groups in total. The average molecular weight is 593 g/mol. The molecule has 0 saturated carbocycles. The third-order valence-electron chi connectivity index (χ3n) is 9.76. The lowest BCUT2D eigenvalue weighted by molar-refractivity contribution is 0.102. The first-order valence-corrected chi connectivity index (χ1v) is 15.5. The lowest BCUT2D eigenvalue weighted by atomic mass is 9.72. The number of nitrogen functional groups attached to an aromatic ring is 1. The van der Waals surface area contributed by atoms with Crippen LogP contribution in [0.2, 0.25) is 0 Å². The number of nitrogens with one attached hydrogen (secondary N) is 1. The second kappa shape index (κ2) is 10.6. The molecule has 2 aliphatic heterocycles. The summed E-state index contributed by atoms with van der Waals surface area (Å²) in [5.41, 5.74) is 12.8. The average Bonchev–Trinajstić information content (AvgIpc) is 3.75. The molecule has 3 aliphatic rings. The summed E-state index contributed by atoms with van der Waals surface area (Å²) < 4.78 is 6.97. The molecule has 4 aromatic rings. The summed E-state index contributed by atoms with van der Waals surface area (Å²) in [4.78, 5) is 27.9. The molecule has 2 fully saturated rings. The van der Waals surface area contributed by atoms with Crippen molar-refractivity contribution in [3.63, 3.8) is 0 Å². The van der Waals surface area contributed by atoms with E-state index in [9.17, 15) is 4.79 Å². The topological polar surface area (TPSA) is 114 Å². The van der Waals surface area contributed by atoms with Crippen LogP contribution in [0.15, 0.2) is 54.9 Å². The summed E-state index contributed by atoms with van der Waals surface area (Å²) in [5, 5.41) is 7.44. The van der Waals surface area contributed by atoms with Crippen LogP contribution in [0.3, 0.4) is 0 Å². The molecule has 1 aliphatic carbocycles. The first-order chi connectivity index (χ1) is 21.2. The summed E-state index contributed by atoms with van der Waals surface area (Å²) in [7, 11) is 1.68. The van der Waals surface area contributed by atoms with Gasteiger partial charge in [0.2, 0.25) is 0 Å². The molecule has 1 spiro atoms. The van der Waals surface area contributed by atoms with E-state index in [0.29, 0.717) is 11.4 Å². The molecule has 7 rings (SSSR count). The number of ether oxygens (including phenoxy) is 1. The van der Waals surface area contributed by atoms with Crippen LogP contribution in [0.4, 0.5) is 17.2 Å². The molecule has 1 unspecified atom stereocenters. The van der Waals surface area contributed by atoms with Crippen LogP contribution < -0.4 is 20.7 Å². The van der Waals surface area contributed by atoms with Crippen molar-refractivity contribution >= 4 is 23.1 Å². The molecule has 0 bridgehead atoms. The molecule has 2 aromatic carbocycles. The number of rotatable bonds is 6. The Hall–Kier alpha value is -4.44. The quantitative estimate of drug-likeness (QED) is 0.324. The zero-order valence-corrected chi connectivity index (χ0v) is 25.9. The van der Waals surface area contributed by atoms with E-state index in [2.05, 4.69) is 58.1 Å². The molecule has 10 nitrogen and oxygen atoms in total. The minimum absolute atomic E-state index is 0.0939. The van der Waals surface area contributed by atoms with Gasteiger partial charge >= 0.3 is 0 Å². The van der Waals surface area contributed by atoms with Crippen LogP contribution in [0.25, 0.3) is 17.2 Å². The first-order valence-electron chi connectivity index (χ1n) is 15.5. The number of carbonyl (C=O) groups excluding carboxylic acids is 1. The maximum absolute atomic E-state index is 13.4.